The first-order valence-corrected chi connectivity index (χ1v) is 5.91. The summed E-state index contributed by atoms with van der Waals surface area (Å²) in [6.45, 7) is 0. The van der Waals surface area contributed by atoms with Crippen LogP contribution in [0.1, 0.15) is 0 Å². The molecule has 1 aliphatic carbocycles. The maximum absolute atomic E-state index is 6.09. The average Bonchev–Trinajstić information content (AvgIpc) is 2.20. The number of halogens is 4. The fraction of sp³-hybridized carbons (Fsp3) is 1.00. The molecule has 6 atom stereocenters. The summed E-state index contributed by atoms with van der Waals surface area (Å²) in [5, 5.41) is -1.64. The number of rotatable bonds is 2. The summed E-state index contributed by atoms with van der Waals surface area (Å²) in [7, 11) is 3.10. The first-order valence-electron chi connectivity index (χ1n) is 4.16. The molecule has 2 nitrogen and oxygen atoms in total. The van der Waals surface area contributed by atoms with Crippen LogP contribution >= 0.6 is 46.4 Å². The maximum atomic E-state index is 6.09. The molecule has 0 unspecified atom stereocenters. The van der Waals surface area contributed by atoms with Crippen LogP contribution in [0.25, 0.3) is 0 Å². The van der Waals surface area contributed by atoms with Crippen LogP contribution in [0.15, 0.2) is 0 Å². The van der Waals surface area contributed by atoms with Crippen LogP contribution in [0.2, 0.25) is 0 Å². The predicted molar refractivity (Wildman–Crippen MR) is 60.2 cm³/mol. The summed E-state index contributed by atoms with van der Waals surface area (Å²) in [6.07, 6.45) is -0.664. The van der Waals surface area contributed by atoms with E-state index in [1.807, 2.05) is 0 Å². The fourth-order valence-electron chi connectivity index (χ4n) is 1.60. The van der Waals surface area contributed by atoms with Crippen molar-refractivity contribution in [3.63, 3.8) is 0 Å². The summed E-state index contributed by atoms with van der Waals surface area (Å²) in [5.41, 5.74) is 0. The van der Waals surface area contributed by atoms with Crippen molar-refractivity contribution in [3.05, 3.63) is 0 Å². The van der Waals surface area contributed by atoms with Gasteiger partial charge in [0.05, 0.1) is 21.5 Å². The van der Waals surface area contributed by atoms with Crippen molar-refractivity contribution >= 4 is 46.4 Å². The highest BCUT2D eigenvalue weighted by molar-refractivity contribution is 6.38. The molecule has 6 heteroatoms. The predicted octanol–water partition coefficient (Wildman–Crippen LogP) is 2.46. The molecule has 1 saturated carbocycles. The minimum atomic E-state index is -0.419. The summed E-state index contributed by atoms with van der Waals surface area (Å²) in [6, 6.07) is 0. The Balaban J connectivity index is 2.84. The molecule has 0 spiro atoms. The molecule has 0 aromatic rings. The highest BCUT2D eigenvalue weighted by Crippen LogP contribution is 2.37. The zero-order valence-corrected chi connectivity index (χ0v) is 10.8. The van der Waals surface area contributed by atoms with Crippen molar-refractivity contribution in [2.45, 2.75) is 33.7 Å². The Kier molecular flexibility index (Phi) is 5.09. The first-order chi connectivity index (χ1) is 6.54. The molecule has 0 aromatic heterocycles. The number of alkyl halides is 4. The van der Waals surface area contributed by atoms with Gasteiger partial charge < -0.3 is 9.47 Å². The third-order valence-corrected chi connectivity index (χ3v) is 4.92. The number of hydrogen-bond donors (Lipinski definition) is 0. The van der Waals surface area contributed by atoms with Gasteiger partial charge in [0.15, 0.2) is 0 Å². The summed E-state index contributed by atoms with van der Waals surface area (Å²) in [4.78, 5) is 0. The Labute approximate surface area is 104 Å². The molecule has 84 valence electrons. The van der Waals surface area contributed by atoms with Crippen LogP contribution in [0, 0.1) is 0 Å². The monoisotopic (exact) mass is 280 g/mol. The van der Waals surface area contributed by atoms with Gasteiger partial charge in [0.1, 0.15) is 12.2 Å². The van der Waals surface area contributed by atoms with Gasteiger partial charge in [-0.2, -0.15) is 0 Å². The van der Waals surface area contributed by atoms with Gasteiger partial charge in [-0.15, -0.1) is 46.4 Å². The van der Waals surface area contributed by atoms with Gasteiger partial charge in [-0.05, 0) is 0 Å². The Bertz CT molecular complexity index is 172. The minimum absolute atomic E-state index is 0.332. The van der Waals surface area contributed by atoms with Crippen LogP contribution in [0.4, 0.5) is 0 Å². The van der Waals surface area contributed by atoms with Gasteiger partial charge in [-0.1, -0.05) is 0 Å². The van der Waals surface area contributed by atoms with E-state index >= 15 is 0 Å². The highest BCUT2D eigenvalue weighted by atomic mass is 35.5. The van der Waals surface area contributed by atoms with E-state index < -0.39 is 21.5 Å². The lowest BCUT2D eigenvalue weighted by Crippen LogP contribution is -2.57. The topological polar surface area (TPSA) is 18.5 Å². The molecule has 1 rings (SSSR count). The Hall–Kier alpha value is 1.08. The molecular formula is C8H12Cl4O2. The zero-order chi connectivity index (χ0) is 10.9. The third kappa shape index (κ3) is 2.26. The smallest absolute Gasteiger partial charge is 0.103 e. The zero-order valence-electron chi connectivity index (χ0n) is 7.79. The van der Waals surface area contributed by atoms with E-state index in [9.17, 15) is 0 Å². The van der Waals surface area contributed by atoms with E-state index in [0.717, 1.165) is 0 Å². The normalized spacial score (nSPS) is 49.3. The van der Waals surface area contributed by atoms with Crippen LogP contribution in [0.5, 0.6) is 0 Å². The van der Waals surface area contributed by atoms with Crippen LogP contribution in [-0.4, -0.2) is 47.9 Å². The summed E-state index contributed by atoms with van der Waals surface area (Å²) < 4.78 is 10.4. The van der Waals surface area contributed by atoms with Gasteiger partial charge in [0, 0.05) is 14.2 Å². The fourth-order valence-corrected chi connectivity index (χ4v) is 3.16. The molecule has 0 N–H and O–H groups in total. The van der Waals surface area contributed by atoms with Gasteiger partial charge in [-0.25, -0.2) is 0 Å². The SMILES string of the molecule is CO[C@@H]1[C@H](Cl)[C@@H](Cl)[C@H](Cl)[C@H](Cl)[C@H]1OC. The van der Waals surface area contributed by atoms with Crippen molar-refractivity contribution in [1.82, 2.24) is 0 Å². The Morgan fingerprint density at radius 3 is 1.14 bits per heavy atom. The largest absolute Gasteiger partial charge is 0.377 e. The maximum Gasteiger partial charge on any atom is 0.103 e. The van der Waals surface area contributed by atoms with Gasteiger partial charge >= 0.3 is 0 Å². The van der Waals surface area contributed by atoms with E-state index in [1.54, 1.807) is 14.2 Å². The summed E-state index contributed by atoms with van der Waals surface area (Å²) in [5.74, 6) is 0. The first kappa shape index (κ1) is 13.1. The molecular weight excluding hydrogens is 270 g/mol. The molecule has 1 aliphatic rings. The molecule has 14 heavy (non-hydrogen) atoms. The van der Waals surface area contributed by atoms with E-state index in [0.29, 0.717) is 0 Å². The third-order valence-electron chi connectivity index (χ3n) is 2.41. The molecule has 0 heterocycles. The lowest BCUT2D eigenvalue weighted by atomic mass is 9.92. The van der Waals surface area contributed by atoms with Crippen molar-refractivity contribution in [3.8, 4) is 0 Å². The molecule has 0 saturated heterocycles. The lowest BCUT2D eigenvalue weighted by Gasteiger charge is -2.41. The van der Waals surface area contributed by atoms with E-state index in [2.05, 4.69) is 0 Å². The number of ether oxygens (including phenoxy) is 2. The van der Waals surface area contributed by atoms with Crippen LogP contribution in [0.3, 0.4) is 0 Å². The second-order valence-electron chi connectivity index (χ2n) is 3.18. The van der Waals surface area contributed by atoms with Crippen LogP contribution < -0.4 is 0 Å². The van der Waals surface area contributed by atoms with E-state index in [4.69, 9.17) is 55.9 Å². The summed E-state index contributed by atoms with van der Waals surface area (Å²) >= 11 is 24.2. The molecule has 0 radical (unpaired) electrons. The van der Waals surface area contributed by atoms with Crippen molar-refractivity contribution in [2.75, 3.05) is 14.2 Å². The lowest BCUT2D eigenvalue weighted by molar-refractivity contribution is -0.0510. The Morgan fingerprint density at radius 1 is 0.643 bits per heavy atom. The minimum Gasteiger partial charge on any atom is -0.377 e. The van der Waals surface area contributed by atoms with Gasteiger partial charge in [-0.3, -0.25) is 0 Å². The van der Waals surface area contributed by atoms with Crippen molar-refractivity contribution in [2.24, 2.45) is 0 Å². The second kappa shape index (κ2) is 5.42. The molecule has 0 aliphatic heterocycles. The molecule has 0 amide bonds. The second-order valence-corrected chi connectivity index (χ2v) is 5.19. The molecule has 0 aromatic carbocycles. The van der Waals surface area contributed by atoms with Crippen molar-refractivity contribution in [1.29, 1.82) is 0 Å². The molecule has 1 fully saturated rings. The average molecular weight is 282 g/mol. The van der Waals surface area contributed by atoms with Crippen molar-refractivity contribution < 1.29 is 9.47 Å². The van der Waals surface area contributed by atoms with Gasteiger partial charge in [0.25, 0.3) is 0 Å². The highest BCUT2D eigenvalue weighted by Gasteiger charge is 2.49. The number of hydrogen-bond acceptors (Lipinski definition) is 2. The van der Waals surface area contributed by atoms with E-state index in [1.165, 1.54) is 0 Å². The quantitative estimate of drug-likeness (QED) is 0.724. The Morgan fingerprint density at radius 2 is 0.929 bits per heavy atom. The van der Waals surface area contributed by atoms with E-state index in [-0.39, 0.29) is 12.2 Å². The standard InChI is InChI=1S/C8H12Cl4O2/c1-13-7-5(11)3(9)4(10)6(12)8(7)14-2/h3-8H,1-2H3/t3-,4-,5-,6+,7+,8+/m0/s1. The number of methoxy groups -OCH3 is 2. The van der Waals surface area contributed by atoms with Gasteiger partial charge in [0.2, 0.25) is 0 Å². The molecule has 0 bridgehead atoms. The van der Waals surface area contributed by atoms with Crippen LogP contribution in [-0.2, 0) is 9.47 Å².